The van der Waals surface area contributed by atoms with Gasteiger partial charge in [-0.3, -0.25) is 4.79 Å². The zero-order chi connectivity index (χ0) is 17.2. The van der Waals surface area contributed by atoms with Gasteiger partial charge in [0.2, 0.25) is 0 Å². The molecular weight excluding hydrogens is 356 g/mol. The predicted molar refractivity (Wildman–Crippen MR) is 104 cm³/mol. The van der Waals surface area contributed by atoms with E-state index in [9.17, 15) is 4.79 Å². The van der Waals surface area contributed by atoms with Gasteiger partial charge >= 0.3 is 0 Å². The Kier molecular flexibility index (Phi) is 4.29. The molecule has 126 valence electrons. The second kappa shape index (κ2) is 6.74. The van der Waals surface area contributed by atoms with Crippen molar-refractivity contribution in [1.29, 1.82) is 0 Å². The van der Waals surface area contributed by atoms with Crippen LogP contribution < -0.4 is 10.6 Å². The minimum atomic E-state index is -0.141. The first-order valence-corrected chi connectivity index (χ1v) is 9.00. The van der Waals surface area contributed by atoms with Crippen LogP contribution in [0.5, 0.6) is 0 Å². The molecule has 2 heterocycles. The second-order valence-electron chi connectivity index (χ2n) is 5.62. The molecule has 2 aromatic carbocycles. The highest BCUT2D eigenvalue weighted by Gasteiger charge is 2.09. The van der Waals surface area contributed by atoms with Crippen molar-refractivity contribution in [3.63, 3.8) is 0 Å². The molecule has 0 aliphatic heterocycles. The second-order valence-corrected chi connectivity index (χ2v) is 6.87. The van der Waals surface area contributed by atoms with E-state index in [0.717, 1.165) is 26.8 Å². The highest BCUT2D eigenvalue weighted by Crippen LogP contribution is 2.25. The quantitative estimate of drug-likeness (QED) is 0.459. The van der Waals surface area contributed by atoms with Crippen LogP contribution in [0.25, 0.3) is 21.0 Å². The van der Waals surface area contributed by atoms with E-state index >= 15 is 0 Å². The Labute approximate surface area is 153 Å². The Morgan fingerprint density at radius 3 is 2.96 bits per heavy atom. The molecule has 3 N–H and O–H groups in total. The topological polar surface area (TPSA) is 69.8 Å². The molecular formula is C18H15ClN4OS. The first kappa shape index (κ1) is 15.9. The fraction of sp³-hybridized carbons (Fsp3) is 0.111. The number of aromatic nitrogens is 2. The number of nitrogens with one attached hydrogen (secondary N) is 3. The van der Waals surface area contributed by atoms with Crippen molar-refractivity contribution >= 4 is 55.8 Å². The zero-order valence-electron chi connectivity index (χ0n) is 13.2. The Morgan fingerprint density at radius 2 is 2.04 bits per heavy atom. The molecule has 1 amide bonds. The van der Waals surface area contributed by atoms with E-state index in [1.165, 1.54) is 11.5 Å². The molecule has 0 aliphatic carbocycles. The molecule has 0 saturated heterocycles. The molecule has 4 rings (SSSR count). The zero-order valence-corrected chi connectivity index (χ0v) is 14.7. The van der Waals surface area contributed by atoms with Crippen molar-refractivity contribution < 1.29 is 4.79 Å². The molecule has 0 spiro atoms. The van der Waals surface area contributed by atoms with Gasteiger partial charge in [0.1, 0.15) is 11.5 Å². The monoisotopic (exact) mass is 370 g/mol. The molecule has 0 saturated carbocycles. The van der Waals surface area contributed by atoms with E-state index in [-0.39, 0.29) is 5.91 Å². The van der Waals surface area contributed by atoms with E-state index in [1.54, 1.807) is 12.1 Å². The van der Waals surface area contributed by atoms with Gasteiger partial charge in [-0.05, 0) is 47.9 Å². The number of hydrogen-bond acceptors (Lipinski definition) is 4. The standard InChI is InChI=1S/C18H15ClN4OS/c19-12-5-6-14-11(9-12)10-15(22-14)18(24)21-8-7-20-17-13-3-1-2-4-16(13)25-23-17/h1-6,9-10,22H,7-8H2,(H,20,23)(H,21,24). The van der Waals surface area contributed by atoms with E-state index in [0.29, 0.717) is 23.8 Å². The van der Waals surface area contributed by atoms with Crippen LogP contribution in [0.2, 0.25) is 5.02 Å². The Bertz CT molecular complexity index is 1060. The van der Waals surface area contributed by atoms with Crippen LogP contribution in [0.15, 0.2) is 48.5 Å². The molecule has 5 nitrogen and oxygen atoms in total. The fourth-order valence-corrected chi connectivity index (χ4v) is 3.63. The molecule has 0 atom stereocenters. The largest absolute Gasteiger partial charge is 0.367 e. The third-order valence-corrected chi connectivity index (χ3v) is 4.97. The maximum Gasteiger partial charge on any atom is 0.267 e. The van der Waals surface area contributed by atoms with Gasteiger partial charge in [-0.2, -0.15) is 4.37 Å². The first-order valence-electron chi connectivity index (χ1n) is 7.85. The van der Waals surface area contributed by atoms with Gasteiger partial charge in [-0.15, -0.1) is 0 Å². The molecule has 4 aromatic rings. The summed E-state index contributed by atoms with van der Waals surface area (Å²) in [5, 5.41) is 8.84. The number of carbonyl (C=O) groups is 1. The van der Waals surface area contributed by atoms with E-state index in [4.69, 9.17) is 11.6 Å². The molecule has 0 fully saturated rings. The van der Waals surface area contributed by atoms with E-state index < -0.39 is 0 Å². The highest BCUT2D eigenvalue weighted by molar-refractivity contribution is 7.13. The summed E-state index contributed by atoms with van der Waals surface area (Å²) in [6.07, 6.45) is 0. The number of aromatic amines is 1. The first-order chi connectivity index (χ1) is 12.2. The van der Waals surface area contributed by atoms with Gasteiger partial charge in [0, 0.05) is 34.4 Å². The van der Waals surface area contributed by atoms with Gasteiger partial charge in [-0.1, -0.05) is 23.7 Å². The van der Waals surface area contributed by atoms with Crippen molar-refractivity contribution in [2.24, 2.45) is 0 Å². The minimum absolute atomic E-state index is 0.141. The van der Waals surface area contributed by atoms with Gasteiger partial charge in [0.05, 0.1) is 4.70 Å². The van der Waals surface area contributed by atoms with Crippen LogP contribution in [-0.2, 0) is 0 Å². The van der Waals surface area contributed by atoms with Gasteiger partial charge < -0.3 is 15.6 Å². The Hall–Kier alpha value is -2.57. The molecule has 25 heavy (non-hydrogen) atoms. The highest BCUT2D eigenvalue weighted by atomic mass is 35.5. The summed E-state index contributed by atoms with van der Waals surface area (Å²) in [5.41, 5.74) is 1.41. The predicted octanol–water partition coefficient (Wildman–Crippen LogP) is 4.27. The molecule has 0 unspecified atom stereocenters. The average molecular weight is 371 g/mol. The number of benzene rings is 2. The van der Waals surface area contributed by atoms with Gasteiger partial charge in [-0.25, -0.2) is 0 Å². The maximum absolute atomic E-state index is 12.3. The summed E-state index contributed by atoms with van der Waals surface area (Å²) in [5.74, 6) is 0.715. The van der Waals surface area contributed by atoms with Crippen molar-refractivity contribution in [2.45, 2.75) is 0 Å². The number of carbonyl (C=O) groups excluding carboxylic acids is 1. The maximum atomic E-state index is 12.3. The summed E-state index contributed by atoms with van der Waals surface area (Å²) in [6, 6.07) is 15.4. The number of nitrogens with zero attached hydrogens (tertiary/aromatic N) is 1. The van der Waals surface area contributed by atoms with Crippen LogP contribution in [-0.4, -0.2) is 28.4 Å². The fourth-order valence-electron chi connectivity index (χ4n) is 2.69. The summed E-state index contributed by atoms with van der Waals surface area (Å²) in [4.78, 5) is 15.4. The lowest BCUT2D eigenvalue weighted by Crippen LogP contribution is -2.29. The SMILES string of the molecule is O=C(NCCNc1nsc2ccccc12)c1cc2cc(Cl)ccc2[nH]1. The van der Waals surface area contributed by atoms with Crippen LogP contribution >= 0.6 is 23.1 Å². The molecule has 7 heteroatoms. The summed E-state index contributed by atoms with van der Waals surface area (Å²) < 4.78 is 5.55. The van der Waals surface area contributed by atoms with Crippen LogP contribution in [0.1, 0.15) is 10.5 Å². The van der Waals surface area contributed by atoms with Gasteiger partial charge in [0.25, 0.3) is 5.91 Å². The van der Waals surface area contributed by atoms with Gasteiger partial charge in [0.15, 0.2) is 0 Å². The van der Waals surface area contributed by atoms with Crippen molar-refractivity contribution in [1.82, 2.24) is 14.7 Å². The summed E-state index contributed by atoms with van der Waals surface area (Å²) in [7, 11) is 0. The number of rotatable bonds is 5. The average Bonchev–Trinajstić information content (AvgIpc) is 3.22. The lowest BCUT2D eigenvalue weighted by molar-refractivity contribution is 0.0951. The molecule has 0 bridgehead atoms. The van der Waals surface area contributed by atoms with Crippen molar-refractivity contribution in [3.8, 4) is 0 Å². The Balaban J connectivity index is 1.35. The molecule has 2 aromatic heterocycles. The minimum Gasteiger partial charge on any atom is -0.367 e. The van der Waals surface area contributed by atoms with E-state index in [2.05, 4.69) is 20.0 Å². The number of hydrogen-bond donors (Lipinski definition) is 3. The van der Waals surface area contributed by atoms with Crippen molar-refractivity contribution in [3.05, 3.63) is 59.2 Å². The number of H-pyrrole nitrogens is 1. The van der Waals surface area contributed by atoms with E-state index in [1.807, 2.05) is 36.4 Å². The number of halogens is 1. The number of amides is 1. The molecule has 0 radical (unpaired) electrons. The lowest BCUT2D eigenvalue weighted by Gasteiger charge is -2.05. The van der Waals surface area contributed by atoms with Crippen LogP contribution in [0.4, 0.5) is 5.82 Å². The van der Waals surface area contributed by atoms with Crippen LogP contribution in [0, 0.1) is 0 Å². The third kappa shape index (κ3) is 3.31. The normalized spacial score (nSPS) is 11.1. The summed E-state index contributed by atoms with van der Waals surface area (Å²) >= 11 is 7.44. The van der Waals surface area contributed by atoms with Crippen LogP contribution in [0.3, 0.4) is 0 Å². The Morgan fingerprint density at radius 1 is 1.16 bits per heavy atom. The molecule has 0 aliphatic rings. The number of fused-ring (bicyclic) bond motifs is 2. The van der Waals surface area contributed by atoms with Crippen molar-refractivity contribution in [2.75, 3.05) is 18.4 Å². The summed E-state index contributed by atoms with van der Waals surface area (Å²) in [6.45, 7) is 1.10. The lowest BCUT2D eigenvalue weighted by atomic mass is 10.2. The number of anilines is 1. The third-order valence-electron chi connectivity index (χ3n) is 3.91. The smallest absolute Gasteiger partial charge is 0.267 e.